The first kappa shape index (κ1) is 11.3. The SMILES string of the molecule is Fc1cc(N2CC(C(F)F)C3CN32)c(Br)cn1. The number of nitrogens with zero attached hydrogens (tertiary/aromatic N) is 3. The Morgan fingerprint density at radius 1 is 1.41 bits per heavy atom. The minimum Gasteiger partial charge on any atom is -0.304 e. The van der Waals surface area contributed by atoms with Crippen LogP contribution in [0.5, 0.6) is 0 Å². The highest BCUT2D eigenvalue weighted by atomic mass is 79.9. The Balaban J connectivity index is 1.89. The van der Waals surface area contributed by atoms with Gasteiger partial charge >= 0.3 is 0 Å². The van der Waals surface area contributed by atoms with Gasteiger partial charge in [0.2, 0.25) is 12.4 Å². The summed E-state index contributed by atoms with van der Waals surface area (Å²) in [5, 5.41) is 3.53. The fourth-order valence-electron chi connectivity index (χ4n) is 2.29. The molecule has 3 atom stereocenters. The second kappa shape index (κ2) is 3.84. The van der Waals surface area contributed by atoms with Crippen molar-refractivity contribution in [2.75, 3.05) is 18.1 Å². The van der Waals surface area contributed by atoms with Crippen LogP contribution >= 0.6 is 15.9 Å². The van der Waals surface area contributed by atoms with Gasteiger partial charge in [-0.15, -0.1) is 0 Å². The van der Waals surface area contributed by atoms with Crippen LogP contribution in [0, 0.1) is 11.9 Å². The lowest BCUT2D eigenvalue weighted by Gasteiger charge is -2.23. The monoisotopic (exact) mass is 307 g/mol. The average Bonchev–Trinajstić information content (AvgIpc) is 2.97. The van der Waals surface area contributed by atoms with Crippen LogP contribution in [0.15, 0.2) is 16.7 Å². The van der Waals surface area contributed by atoms with E-state index in [1.165, 1.54) is 12.3 Å². The van der Waals surface area contributed by atoms with Crippen LogP contribution < -0.4 is 5.01 Å². The van der Waals surface area contributed by atoms with Gasteiger partial charge in [-0.1, -0.05) is 0 Å². The lowest BCUT2D eigenvalue weighted by Crippen LogP contribution is -2.30. The Bertz CT molecular complexity index is 456. The van der Waals surface area contributed by atoms with Crippen LogP contribution in [-0.4, -0.2) is 35.5 Å². The molecule has 0 N–H and O–H groups in total. The molecule has 0 radical (unpaired) electrons. The summed E-state index contributed by atoms with van der Waals surface area (Å²) in [5.41, 5.74) is 0.558. The maximum absolute atomic E-state index is 13.1. The molecular formula is C10H9BrF3N3. The normalized spacial score (nSPS) is 30.9. The molecular weight excluding hydrogens is 299 g/mol. The number of pyridine rings is 1. The Labute approximate surface area is 104 Å². The van der Waals surface area contributed by atoms with Gasteiger partial charge in [-0.25, -0.2) is 18.8 Å². The van der Waals surface area contributed by atoms with Crippen LogP contribution in [0.4, 0.5) is 18.9 Å². The van der Waals surface area contributed by atoms with E-state index in [1.54, 1.807) is 5.01 Å². The van der Waals surface area contributed by atoms with E-state index in [0.717, 1.165) is 0 Å². The van der Waals surface area contributed by atoms with Crippen LogP contribution in [0.1, 0.15) is 0 Å². The number of alkyl halides is 2. The topological polar surface area (TPSA) is 19.1 Å². The van der Waals surface area contributed by atoms with E-state index in [9.17, 15) is 13.2 Å². The molecule has 1 aromatic rings. The molecule has 3 nitrogen and oxygen atoms in total. The lowest BCUT2D eigenvalue weighted by atomic mass is 10.1. The van der Waals surface area contributed by atoms with Gasteiger partial charge in [0, 0.05) is 25.4 Å². The Hall–Kier alpha value is -0.820. The zero-order valence-electron chi connectivity index (χ0n) is 8.65. The largest absolute Gasteiger partial charge is 0.304 e. The summed E-state index contributed by atoms with van der Waals surface area (Å²) in [4.78, 5) is 3.50. The van der Waals surface area contributed by atoms with Gasteiger partial charge < -0.3 is 5.01 Å². The standard InChI is InChI=1S/C10H9BrF3N3/c11-6-2-15-9(12)1-7(6)16-3-5(10(13)14)8-4-17(8)16/h1-2,5,8,10H,3-4H2. The van der Waals surface area contributed by atoms with Gasteiger partial charge in [0.15, 0.2) is 0 Å². The second-order valence-corrected chi connectivity index (χ2v) is 5.08. The van der Waals surface area contributed by atoms with Crippen LogP contribution in [0.25, 0.3) is 0 Å². The highest BCUT2D eigenvalue weighted by Crippen LogP contribution is 2.43. The lowest BCUT2D eigenvalue weighted by molar-refractivity contribution is 0.0869. The quantitative estimate of drug-likeness (QED) is 0.617. The van der Waals surface area contributed by atoms with Gasteiger partial charge in [-0.05, 0) is 15.9 Å². The predicted octanol–water partition coefficient (Wildman–Crippen LogP) is 2.28. The summed E-state index contributed by atoms with van der Waals surface area (Å²) in [6.07, 6.45) is -0.987. The van der Waals surface area contributed by atoms with E-state index >= 15 is 0 Å². The van der Waals surface area contributed by atoms with Crippen molar-refractivity contribution >= 4 is 21.6 Å². The van der Waals surface area contributed by atoms with Gasteiger partial charge in [-0.3, -0.25) is 0 Å². The molecule has 1 aromatic heterocycles. The van der Waals surface area contributed by atoms with Crippen molar-refractivity contribution in [3.63, 3.8) is 0 Å². The summed E-state index contributed by atoms with van der Waals surface area (Å²) in [6, 6.07) is 1.16. The molecule has 17 heavy (non-hydrogen) atoms. The molecule has 0 bridgehead atoms. The Morgan fingerprint density at radius 2 is 2.18 bits per heavy atom. The predicted molar refractivity (Wildman–Crippen MR) is 59.2 cm³/mol. The summed E-state index contributed by atoms with van der Waals surface area (Å²) in [7, 11) is 0. The fraction of sp³-hybridized carbons (Fsp3) is 0.500. The van der Waals surface area contributed by atoms with Crippen molar-refractivity contribution in [3.05, 3.63) is 22.7 Å². The van der Waals surface area contributed by atoms with Crippen LogP contribution in [-0.2, 0) is 0 Å². The van der Waals surface area contributed by atoms with Crippen molar-refractivity contribution in [2.45, 2.75) is 12.5 Å². The second-order valence-electron chi connectivity index (χ2n) is 4.23. The molecule has 2 saturated heterocycles. The molecule has 92 valence electrons. The summed E-state index contributed by atoms with van der Waals surface area (Å²) < 4.78 is 39.2. The third-order valence-electron chi connectivity index (χ3n) is 3.21. The van der Waals surface area contributed by atoms with Crippen LogP contribution in [0.3, 0.4) is 0 Å². The zero-order valence-corrected chi connectivity index (χ0v) is 10.2. The first-order chi connectivity index (χ1) is 8.08. The van der Waals surface area contributed by atoms with E-state index in [1.807, 2.05) is 5.01 Å². The molecule has 3 rings (SSSR count). The number of hydrogen-bond donors (Lipinski definition) is 0. The molecule has 0 aromatic carbocycles. The summed E-state index contributed by atoms with van der Waals surface area (Å²) in [5.74, 6) is -1.26. The number of fused-ring (bicyclic) bond motifs is 1. The van der Waals surface area contributed by atoms with E-state index in [0.29, 0.717) is 16.7 Å². The first-order valence-corrected chi connectivity index (χ1v) is 6.00. The molecule has 0 aliphatic carbocycles. The zero-order chi connectivity index (χ0) is 12.2. The summed E-state index contributed by atoms with van der Waals surface area (Å²) in [6.45, 7) is 0.843. The third-order valence-corrected chi connectivity index (χ3v) is 3.83. The van der Waals surface area contributed by atoms with Gasteiger partial charge in [0.05, 0.1) is 22.1 Å². The summed E-state index contributed by atoms with van der Waals surface area (Å²) >= 11 is 3.26. The maximum Gasteiger partial charge on any atom is 0.244 e. The van der Waals surface area contributed by atoms with Crippen molar-refractivity contribution in [3.8, 4) is 0 Å². The van der Waals surface area contributed by atoms with Crippen LogP contribution in [0.2, 0.25) is 0 Å². The molecule has 3 unspecified atom stereocenters. The minimum atomic E-state index is -2.33. The van der Waals surface area contributed by atoms with E-state index in [4.69, 9.17) is 0 Å². The first-order valence-electron chi connectivity index (χ1n) is 5.21. The van der Waals surface area contributed by atoms with E-state index < -0.39 is 18.3 Å². The average molecular weight is 308 g/mol. The van der Waals surface area contributed by atoms with Gasteiger partial charge in [-0.2, -0.15) is 4.39 Å². The minimum absolute atomic E-state index is 0.0990. The molecule has 7 heteroatoms. The number of halogens is 4. The van der Waals surface area contributed by atoms with Crippen molar-refractivity contribution in [2.24, 2.45) is 5.92 Å². The van der Waals surface area contributed by atoms with Crippen molar-refractivity contribution in [1.29, 1.82) is 0 Å². The number of rotatable bonds is 2. The highest BCUT2D eigenvalue weighted by molar-refractivity contribution is 9.10. The van der Waals surface area contributed by atoms with Crippen molar-refractivity contribution < 1.29 is 13.2 Å². The Kier molecular flexibility index (Phi) is 2.55. The fourth-order valence-corrected chi connectivity index (χ4v) is 2.71. The Morgan fingerprint density at radius 3 is 2.82 bits per heavy atom. The maximum atomic E-state index is 13.1. The van der Waals surface area contributed by atoms with E-state index in [-0.39, 0.29) is 12.6 Å². The number of hydrogen-bond acceptors (Lipinski definition) is 3. The molecule has 0 amide bonds. The molecule has 2 aliphatic heterocycles. The van der Waals surface area contributed by atoms with E-state index in [2.05, 4.69) is 20.9 Å². The molecule has 2 fully saturated rings. The molecule has 3 heterocycles. The third kappa shape index (κ3) is 1.81. The number of aromatic nitrogens is 1. The smallest absolute Gasteiger partial charge is 0.244 e. The highest BCUT2D eigenvalue weighted by Gasteiger charge is 2.55. The van der Waals surface area contributed by atoms with Gasteiger partial charge in [0.1, 0.15) is 0 Å². The number of anilines is 1. The van der Waals surface area contributed by atoms with Crippen molar-refractivity contribution in [1.82, 2.24) is 9.99 Å². The molecule has 2 aliphatic rings. The number of hydrazine groups is 1. The molecule has 0 saturated carbocycles. The van der Waals surface area contributed by atoms with Gasteiger partial charge in [0.25, 0.3) is 0 Å². The molecule has 0 spiro atoms.